The molecule has 1 heterocycles. The molecule has 1 aromatic carbocycles. The average Bonchev–Trinajstić information content (AvgIpc) is 2.59. The van der Waals surface area contributed by atoms with Crippen LogP contribution < -0.4 is 5.48 Å². The number of carbonyl (C=O) groups excluding carboxylic acids is 1. The molecule has 0 amide bonds. The lowest BCUT2D eigenvalue weighted by Gasteiger charge is -2.28. The van der Waals surface area contributed by atoms with Crippen LogP contribution in [0.4, 0.5) is 5.69 Å². The summed E-state index contributed by atoms with van der Waals surface area (Å²) in [6.07, 6.45) is 0. The van der Waals surface area contributed by atoms with Gasteiger partial charge in [0.1, 0.15) is 0 Å². The van der Waals surface area contributed by atoms with Gasteiger partial charge in [0, 0.05) is 40.7 Å². The fourth-order valence-corrected chi connectivity index (χ4v) is 3.01. The Morgan fingerprint density at radius 2 is 2.08 bits per heavy atom. The standard InChI is InChI=1S/C17H19N3O5/c1-9-14(11(3)19-22)16(15(10(2)18-9)17(21)25-4)12-6-5-7-13(8-12)20(23)24/h5-8,16,19,22H,1-4H3. The van der Waals surface area contributed by atoms with Crippen molar-refractivity contribution in [2.45, 2.75) is 26.7 Å². The number of esters is 1. The number of aliphatic imine (C=N–C) groups is 1. The Morgan fingerprint density at radius 3 is 2.64 bits per heavy atom. The summed E-state index contributed by atoms with van der Waals surface area (Å²) in [4.78, 5) is 27.3. The number of carbonyl (C=O) groups is 1. The maximum atomic E-state index is 12.4. The van der Waals surface area contributed by atoms with Gasteiger partial charge in [-0.3, -0.25) is 25.8 Å². The van der Waals surface area contributed by atoms with E-state index in [1.54, 1.807) is 32.9 Å². The molecule has 0 saturated carbocycles. The minimum Gasteiger partial charge on any atom is -0.466 e. The molecule has 25 heavy (non-hydrogen) atoms. The number of methoxy groups -OCH3 is 1. The molecular formula is C17H19N3O5. The molecule has 1 aliphatic heterocycles. The lowest BCUT2D eigenvalue weighted by Crippen LogP contribution is -2.26. The number of nitrogens with one attached hydrogen (secondary N) is 1. The molecule has 1 aliphatic rings. The number of hydrogen-bond acceptors (Lipinski definition) is 7. The van der Waals surface area contributed by atoms with Crippen LogP contribution in [-0.2, 0) is 9.53 Å². The van der Waals surface area contributed by atoms with Crippen molar-refractivity contribution in [1.82, 2.24) is 5.48 Å². The van der Waals surface area contributed by atoms with Gasteiger partial charge in [-0.2, -0.15) is 0 Å². The Kier molecular flexibility index (Phi) is 5.33. The molecule has 2 N–H and O–H groups in total. The molecule has 0 bridgehead atoms. The Balaban J connectivity index is 2.78. The van der Waals surface area contributed by atoms with Crippen molar-refractivity contribution in [2.75, 3.05) is 7.11 Å². The van der Waals surface area contributed by atoms with Crippen LogP contribution in [0.1, 0.15) is 32.3 Å². The molecule has 0 aromatic heterocycles. The lowest BCUT2D eigenvalue weighted by atomic mass is 9.79. The van der Waals surface area contributed by atoms with E-state index in [0.29, 0.717) is 28.2 Å². The molecule has 1 unspecified atom stereocenters. The van der Waals surface area contributed by atoms with Gasteiger partial charge in [0.05, 0.1) is 17.6 Å². The third-order valence-corrected chi connectivity index (χ3v) is 4.08. The Bertz CT molecular complexity index is 823. The summed E-state index contributed by atoms with van der Waals surface area (Å²) in [5.41, 5.74) is 4.83. The van der Waals surface area contributed by atoms with Crippen molar-refractivity contribution in [1.29, 1.82) is 0 Å². The van der Waals surface area contributed by atoms with Gasteiger partial charge in [-0.05, 0) is 26.3 Å². The second-order valence-electron chi connectivity index (χ2n) is 5.62. The summed E-state index contributed by atoms with van der Waals surface area (Å²) in [5.74, 6) is -1.22. The maximum Gasteiger partial charge on any atom is 0.336 e. The zero-order chi connectivity index (χ0) is 18.7. The van der Waals surface area contributed by atoms with E-state index in [2.05, 4.69) is 10.5 Å². The third kappa shape index (κ3) is 3.43. The lowest BCUT2D eigenvalue weighted by molar-refractivity contribution is -0.384. The van der Waals surface area contributed by atoms with Crippen molar-refractivity contribution >= 4 is 17.4 Å². The van der Waals surface area contributed by atoms with E-state index in [9.17, 15) is 20.1 Å². The number of non-ortho nitro benzene ring substituents is 1. The Morgan fingerprint density at radius 1 is 1.40 bits per heavy atom. The summed E-state index contributed by atoms with van der Waals surface area (Å²) in [5, 5.41) is 20.5. The third-order valence-electron chi connectivity index (χ3n) is 4.08. The van der Waals surface area contributed by atoms with E-state index in [4.69, 9.17) is 4.74 Å². The number of nitrogens with zero attached hydrogens (tertiary/aromatic N) is 2. The molecule has 8 nitrogen and oxygen atoms in total. The zero-order valence-corrected chi connectivity index (χ0v) is 14.4. The highest BCUT2D eigenvalue weighted by molar-refractivity contribution is 6.06. The summed E-state index contributed by atoms with van der Waals surface area (Å²) in [6.45, 7) is 5.06. The van der Waals surface area contributed by atoms with Gasteiger partial charge in [-0.15, -0.1) is 0 Å². The first-order valence-corrected chi connectivity index (χ1v) is 7.51. The van der Waals surface area contributed by atoms with E-state index in [1.807, 2.05) is 0 Å². The minimum atomic E-state index is -0.649. The Hall–Kier alpha value is -3.00. The van der Waals surface area contributed by atoms with E-state index < -0.39 is 16.8 Å². The molecule has 0 spiro atoms. The highest BCUT2D eigenvalue weighted by Crippen LogP contribution is 2.40. The molecule has 8 heteroatoms. The topological polar surface area (TPSA) is 114 Å². The van der Waals surface area contributed by atoms with Gasteiger partial charge in [0.15, 0.2) is 0 Å². The fourth-order valence-electron chi connectivity index (χ4n) is 3.01. The highest BCUT2D eigenvalue weighted by atomic mass is 16.6. The normalized spacial score (nSPS) is 19.2. The number of hydroxylamine groups is 1. The molecular weight excluding hydrogens is 326 g/mol. The van der Waals surface area contributed by atoms with Crippen LogP contribution in [0, 0.1) is 10.1 Å². The van der Waals surface area contributed by atoms with Crippen molar-refractivity contribution < 1.29 is 19.7 Å². The minimum absolute atomic E-state index is 0.0894. The van der Waals surface area contributed by atoms with Gasteiger partial charge in [-0.1, -0.05) is 12.1 Å². The van der Waals surface area contributed by atoms with Crippen molar-refractivity contribution in [2.24, 2.45) is 4.99 Å². The van der Waals surface area contributed by atoms with Crippen LogP contribution in [0.2, 0.25) is 0 Å². The molecule has 0 aliphatic carbocycles. The first-order chi connectivity index (χ1) is 11.8. The number of hydrogen-bond donors (Lipinski definition) is 2. The number of rotatable bonds is 4. The average molecular weight is 345 g/mol. The number of allylic oxidation sites excluding steroid dienone is 3. The summed E-state index contributed by atoms with van der Waals surface area (Å²) in [7, 11) is 1.26. The monoisotopic (exact) mass is 345 g/mol. The molecule has 132 valence electrons. The summed E-state index contributed by atoms with van der Waals surface area (Å²) < 4.78 is 4.88. The zero-order valence-electron chi connectivity index (χ0n) is 14.4. The second kappa shape index (κ2) is 7.27. The van der Waals surface area contributed by atoms with E-state index in [1.165, 1.54) is 19.2 Å². The van der Waals surface area contributed by atoms with Gasteiger partial charge in [0.25, 0.3) is 5.69 Å². The SMILES string of the molecule is COC(=O)C1=C(C)N=C(C)C(=C(C)NO)C1c1cccc([N+](=O)[O-])c1. The quantitative estimate of drug-likeness (QED) is 0.493. The van der Waals surface area contributed by atoms with Crippen molar-refractivity contribution in [3.8, 4) is 0 Å². The molecule has 0 radical (unpaired) electrons. The van der Waals surface area contributed by atoms with Crippen LogP contribution >= 0.6 is 0 Å². The van der Waals surface area contributed by atoms with E-state index in [-0.39, 0.29) is 11.3 Å². The Labute approximate surface area is 144 Å². The molecule has 0 saturated heterocycles. The number of nitro groups is 1. The second-order valence-corrected chi connectivity index (χ2v) is 5.62. The number of benzene rings is 1. The fraction of sp³-hybridized carbons (Fsp3) is 0.294. The predicted molar refractivity (Wildman–Crippen MR) is 91.3 cm³/mol. The summed E-state index contributed by atoms with van der Waals surface area (Å²) in [6, 6.07) is 6.03. The van der Waals surface area contributed by atoms with Gasteiger partial charge in [0.2, 0.25) is 0 Å². The molecule has 0 fully saturated rings. The number of nitro benzene ring substituents is 1. The van der Waals surface area contributed by atoms with Crippen LogP contribution in [0.3, 0.4) is 0 Å². The molecule has 1 atom stereocenters. The van der Waals surface area contributed by atoms with E-state index in [0.717, 1.165) is 0 Å². The van der Waals surface area contributed by atoms with Crippen LogP contribution in [0.25, 0.3) is 0 Å². The predicted octanol–water partition coefficient (Wildman–Crippen LogP) is 2.85. The largest absolute Gasteiger partial charge is 0.466 e. The summed E-state index contributed by atoms with van der Waals surface area (Å²) >= 11 is 0. The van der Waals surface area contributed by atoms with Crippen molar-refractivity contribution in [3.63, 3.8) is 0 Å². The van der Waals surface area contributed by atoms with Gasteiger partial charge < -0.3 is 4.74 Å². The van der Waals surface area contributed by atoms with Gasteiger partial charge >= 0.3 is 5.97 Å². The van der Waals surface area contributed by atoms with Crippen LogP contribution in [0.15, 0.2) is 51.8 Å². The van der Waals surface area contributed by atoms with Crippen molar-refractivity contribution in [3.05, 3.63) is 62.5 Å². The first-order valence-electron chi connectivity index (χ1n) is 7.51. The maximum absolute atomic E-state index is 12.4. The smallest absolute Gasteiger partial charge is 0.336 e. The van der Waals surface area contributed by atoms with Gasteiger partial charge in [-0.25, -0.2) is 4.79 Å². The van der Waals surface area contributed by atoms with Crippen LogP contribution in [-0.4, -0.2) is 28.9 Å². The van der Waals surface area contributed by atoms with Crippen LogP contribution in [0.5, 0.6) is 0 Å². The number of ether oxygens (including phenoxy) is 1. The van der Waals surface area contributed by atoms with E-state index >= 15 is 0 Å². The first kappa shape index (κ1) is 18.3. The molecule has 2 rings (SSSR count). The highest BCUT2D eigenvalue weighted by Gasteiger charge is 2.35. The molecule has 1 aromatic rings.